The lowest BCUT2D eigenvalue weighted by Crippen LogP contribution is -2.28. The summed E-state index contributed by atoms with van der Waals surface area (Å²) in [7, 11) is 0. The Morgan fingerprint density at radius 1 is 1.47 bits per heavy atom. The van der Waals surface area contributed by atoms with Crippen LogP contribution in [0.4, 0.5) is 0 Å². The Morgan fingerprint density at radius 2 is 2.20 bits per heavy atom. The summed E-state index contributed by atoms with van der Waals surface area (Å²) in [5, 5.41) is 3.62. The summed E-state index contributed by atoms with van der Waals surface area (Å²) in [6.07, 6.45) is 4.22. The Kier molecular flexibility index (Phi) is 6.22. The Labute approximate surface area is 101 Å². The highest BCUT2D eigenvalue weighted by Crippen LogP contribution is 2.17. The Bertz CT molecular complexity index is 247. The SMILES string of the molecule is CCC(CC)C(Cl)CNCc1cncs1. The fraction of sp³-hybridized carbons (Fsp3) is 0.727. The Morgan fingerprint density at radius 3 is 2.73 bits per heavy atom. The van der Waals surface area contributed by atoms with E-state index >= 15 is 0 Å². The second-order valence-corrected chi connectivity index (χ2v) is 5.22. The first-order chi connectivity index (χ1) is 7.27. The molecule has 1 rings (SSSR count). The van der Waals surface area contributed by atoms with Gasteiger partial charge in [0.05, 0.1) is 5.51 Å². The van der Waals surface area contributed by atoms with Crippen molar-refractivity contribution in [3.8, 4) is 0 Å². The predicted octanol–water partition coefficient (Wildman–Crippen LogP) is 3.28. The minimum absolute atomic E-state index is 0.243. The summed E-state index contributed by atoms with van der Waals surface area (Å²) >= 11 is 7.99. The summed E-state index contributed by atoms with van der Waals surface area (Å²) < 4.78 is 0. The van der Waals surface area contributed by atoms with Crippen molar-refractivity contribution in [2.24, 2.45) is 5.92 Å². The van der Waals surface area contributed by atoms with Gasteiger partial charge >= 0.3 is 0 Å². The van der Waals surface area contributed by atoms with Gasteiger partial charge < -0.3 is 5.32 Å². The van der Waals surface area contributed by atoms with Gasteiger partial charge in [0.1, 0.15) is 0 Å². The van der Waals surface area contributed by atoms with Gasteiger partial charge in [-0.2, -0.15) is 0 Å². The number of hydrogen-bond acceptors (Lipinski definition) is 3. The number of aromatic nitrogens is 1. The second-order valence-electron chi connectivity index (χ2n) is 3.69. The van der Waals surface area contributed by atoms with Crippen LogP contribution in [0, 0.1) is 5.92 Å². The van der Waals surface area contributed by atoms with Crippen LogP contribution in [0.15, 0.2) is 11.7 Å². The van der Waals surface area contributed by atoms with Gasteiger partial charge in [0, 0.05) is 29.5 Å². The highest BCUT2D eigenvalue weighted by atomic mass is 35.5. The molecule has 0 aromatic carbocycles. The molecule has 0 spiro atoms. The largest absolute Gasteiger partial charge is 0.310 e. The Balaban J connectivity index is 2.19. The monoisotopic (exact) mass is 246 g/mol. The van der Waals surface area contributed by atoms with E-state index in [1.807, 2.05) is 11.7 Å². The molecule has 0 saturated carbocycles. The van der Waals surface area contributed by atoms with Crippen LogP contribution >= 0.6 is 22.9 Å². The van der Waals surface area contributed by atoms with Crippen LogP contribution in [0.1, 0.15) is 31.6 Å². The van der Waals surface area contributed by atoms with E-state index in [0.717, 1.165) is 25.9 Å². The van der Waals surface area contributed by atoms with Gasteiger partial charge in [-0.25, -0.2) is 0 Å². The smallest absolute Gasteiger partial charge is 0.0794 e. The molecule has 0 aliphatic heterocycles. The molecule has 1 aromatic rings. The fourth-order valence-corrected chi connectivity index (χ4v) is 2.66. The molecule has 0 fully saturated rings. The molecule has 1 atom stereocenters. The molecule has 0 amide bonds. The molecule has 0 aliphatic rings. The molecule has 0 aliphatic carbocycles. The number of alkyl halides is 1. The molecule has 0 saturated heterocycles. The van der Waals surface area contributed by atoms with Crippen molar-refractivity contribution in [2.75, 3.05) is 6.54 Å². The summed E-state index contributed by atoms with van der Waals surface area (Å²) in [5.41, 5.74) is 1.86. The van der Waals surface area contributed by atoms with E-state index in [1.165, 1.54) is 4.88 Å². The molecular weight excluding hydrogens is 228 g/mol. The van der Waals surface area contributed by atoms with Gasteiger partial charge in [-0.05, 0) is 5.92 Å². The van der Waals surface area contributed by atoms with Crippen LogP contribution in [0.5, 0.6) is 0 Å². The van der Waals surface area contributed by atoms with Gasteiger partial charge in [-0.15, -0.1) is 22.9 Å². The molecule has 4 heteroatoms. The summed E-state index contributed by atoms with van der Waals surface area (Å²) in [4.78, 5) is 5.30. The first-order valence-electron chi connectivity index (χ1n) is 5.50. The van der Waals surface area contributed by atoms with E-state index < -0.39 is 0 Å². The highest BCUT2D eigenvalue weighted by Gasteiger charge is 2.14. The van der Waals surface area contributed by atoms with E-state index in [4.69, 9.17) is 11.6 Å². The lowest BCUT2D eigenvalue weighted by Gasteiger charge is -2.19. The van der Waals surface area contributed by atoms with Crippen molar-refractivity contribution in [3.05, 3.63) is 16.6 Å². The van der Waals surface area contributed by atoms with Gasteiger partial charge in [0.2, 0.25) is 0 Å². The highest BCUT2D eigenvalue weighted by molar-refractivity contribution is 7.09. The van der Waals surface area contributed by atoms with E-state index in [1.54, 1.807) is 11.3 Å². The number of halogens is 1. The zero-order chi connectivity index (χ0) is 11.1. The van der Waals surface area contributed by atoms with Crippen LogP contribution in [-0.2, 0) is 6.54 Å². The quantitative estimate of drug-likeness (QED) is 0.747. The average molecular weight is 247 g/mol. The zero-order valence-electron chi connectivity index (χ0n) is 9.37. The van der Waals surface area contributed by atoms with Crippen molar-refractivity contribution >= 4 is 22.9 Å². The lowest BCUT2D eigenvalue weighted by molar-refractivity contribution is 0.446. The third-order valence-corrected chi connectivity index (χ3v) is 3.97. The van der Waals surface area contributed by atoms with Gasteiger partial charge in [0.15, 0.2) is 0 Å². The fourth-order valence-electron chi connectivity index (χ4n) is 1.63. The summed E-state index contributed by atoms with van der Waals surface area (Å²) in [6.45, 7) is 6.17. The maximum atomic E-state index is 6.31. The number of nitrogens with zero attached hydrogens (tertiary/aromatic N) is 1. The predicted molar refractivity (Wildman–Crippen MR) is 67.5 cm³/mol. The third kappa shape index (κ3) is 4.49. The van der Waals surface area contributed by atoms with Crippen molar-refractivity contribution in [1.82, 2.24) is 10.3 Å². The van der Waals surface area contributed by atoms with Crippen molar-refractivity contribution in [1.29, 1.82) is 0 Å². The number of nitrogens with one attached hydrogen (secondary N) is 1. The maximum absolute atomic E-state index is 6.31. The van der Waals surface area contributed by atoms with Crippen LogP contribution in [0.2, 0.25) is 0 Å². The standard InChI is InChI=1S/C11H19ClN2S/c1-3-9(4-2)11(12)7-13-5-10-6-14-8-15-10/h6,8-9,11,13H,3-5,7H2,1-2H3. The molecule has 2 nitrogen and oxygen atoms in total. The molecule has 86 valence electrons. The van der Waals surface area contributed by atoms with E-state index in [9.17, 15) is 0 Å². The Hall–Kier alpha value is -0.120. The molecule has 0 radical (unpaired) electrons. The number of rotatable bonds is 7. The first-order valence-corrected chi connectivity index (χ1v) is 6.81. The normalized spacial score (nSPS) is 13.3. The topological polar surface area (TPSA) is 24.9 Å². The van der Waals surface area contributed by atoms with Gasteiger partial charge in [-0.3, -0.25) is 4.98 Å². The van der Waals surface area contributed by atoms with Crippen molar-refractivity contribution < 1.29 is 0 Å². The zero-order valence-corrected chi connectivity index (χ0v) is 10.9. The third-order valence-electron chi connectivity index (χ3n) is 2.68. The van der Waals surface area contributed by atoms with E-state index in [-0.39, 0.29) is 5.38 Å². The lowest BCUT2D eigenvalue weighted by atomic mass is 9.99. The van der Waals surface area contributed by atoms with Crippen LogP contribution in [0.3, 0.4) is 0 Å². The molecule has 1 unspecified atom stereocenters. The molecule has 0 bridgehead atoms. The molecule has 15 heavy (non-hydrogen) atoms. The number of hydrogen-bond donors (Lipinski definition) is 1. The summed E-state index contributed by atoms with van der Waals surface area (Å²) in [5.74, 6) is 0.626. The first kappa shape index (κ1) is 12.9. The van der Waals surface area contributed by atoms with Crippen molar-refractivity contribution in [3.63, 3.8) is 0 Å². The van der Waals surface area contributed by atoms with E-state index in [0.29, 0.717) is 5.92 Å². The maximum Gasteiger partial charge on any atom is 0.0794 e. The summed E-state index contributed by atoms with van der Waals surface area (Å²) in [6, 6.07) is 0. The van der Waals surface area contributed by atoms with Crippen molar-refractivity contribution in [2.45, 2.75) is 38.6 Å². The minimum atomic E-state index is 0.243. The molecule has 1 N–H and O–H groups in total. The van der Waals surface area contributed by atoms with Gasteiger partial charge in [-0.1, -0.05) is 26.7 Å². The van der Waals surface area contributed by atoms with Crippen LogP contribution < -0.4 is 5.32 Å². The molecule has 1 heterocycles. The molecule has 1 aromatic heterocycles. The van der Waals surface area contributed by atoms with E-state index in [2.05, 4.69) is 24.1 Å². The van der Waals surface area contributed by atoms with Crippen LogP contribution in [-0.4, -0.2) is 16.9 Å². The number of thiazole rings is 1. The van der Waals surface area contributed by atoms with Crippen LogP contribution in [0.25, 0.3) is 0 Å². The second kappa shape index (κ2) is 7.20. The minimum Gasteiger partial charge on any atom is -0.310 e. The average Bonchev–Trinajstić information content (AvgIpc) is 2.72. The molecular formula is C11H19ClN2S. The van der Waals surface area contributed by atoms with Gasteiger partial charge in [0.25, 0.3) is 0 Å².